The molecule has 0 saturated heterocycles. The molecule has 0 spiro atoms. The lowest BCUT2D eigenvalue weighted by Gasteiger charge is -2.06. The minimum atomic E-state index is 0.573. The fourth-order valence-electron chi connectivity index (χ4n) is 1.70. The normalized spacial score (nSPS) is 27.6. The van der Waals surface area contributed by atoms with E-state index in [9.17, 15) is 0 Å². The third kappa shape index (κ3) is 2.76. The van der Waals surface area contributed by atoms with Gasteiger partial charge in [0.15, 0.2) is 0 Å². The van der Waals surface area contributed by atoms with Crippen LogP contribution in [-0.2, 0) is 0 Å². The Morgan fingerprint density at radius 2 is 1.42 bits per heavy atom. The monoisotopic (exact) mass is 166 g/mol. The summed E-state index contributed by atoms with van der Waals surface area (Å²) in [4.78, 5) is 0. The zero-order valence-corrected chi connectivity index (χ0v) is 7.82. The van der Waals surface area contributed by atoms with E-state index in [4.69, 9.17) is 10.8 Å². The Hall–Kier alpha value is -0.660. The van der Waals surface area contributed by atoms with Crippen molar-refractivity contribution in [3.05, 3.63) is 0 Å². The molecule has 2 nitrogen and oxygen atoms in total. The summed E-state index contributed by atoms with van der Waals surface area (Å²) in [5.41, 5.74) is 1.15. The van der Waals surface area contributed by atoms with Crippen molar-refractivity contribution in [1.82, 2.24) is 0 Å². The molecule has 2 heteroatoms. The van der Waals surface area contributed by atoms with Gasteiger partial charge < -0.3 is 10.8 Å². The fourth-order valence-corrected chi connectivity index (χ4v) is 1.70. The van der Waals surface area contributed by atoms with Crippen LogP contribution in [0.3, 0.4) is 0 Å². The predicted molar refractivity (Wildman–Crippen MR) is 52.3 cm³/mol. The van der Waals surface area contributed by atoms with Crippen LogP contribution < -0.4 is 0 Å². The van der Waals surface area contributed by atoms with Gasteiger partial charge in [0.05, 0.1) is 11.4 Å². The topological polar surface area (TPSA) is 47.7 Å². The summed E-state index contributed by atoms with van der Waals surface area (Å²) in [5, 5.41) is 15.1. The molecule has 0 unspecified atom stereocenters. The standard InChI is InChI=1S/C10H18N2/c1-8-4-2-6-9(11)10(12)7-3-5-8/h8,11-12H,2-7H2,1H3. The summed E-state index contributed by atoms with van der Waals surface area (Å²) in [6.07, 6.45) is 6.31. The molecule has 12 heavy (non-hydrogen) atoms. The molecule has 68 valence electrons. The van der Waals surface area contributed by atoms with E-state index >= 15 is 0 Å². The van der Waals surface area contributed by atoms with Crippen molar-refractivity contribution < 1.29 is 0 Å². The van der Waals surface area contributed by atoms with E-state index in [1.54, 1.807) is 0 Å². The molecule has 1 rings (SSSR count). The molecule has 0 aromatic heterocycles. The Balaban J connectivity index is 2.47. The Labute approximate surface area is 74.4 Å². The first-order valence-electron chi connectivity index (χ1n) is 4.85. The highest BCUT2D eigenvalue weighted by molar-refractivity contribution is 6.39. The van der Waals surface area contributed by atoms with E-state index < -0.39 is 0 Å². The molecular formula is C10H18N2. The molecule has 0 radical (unpaired) electrons. The molecule has 0 amide bonds. The van der Waals surface area contributed by atoms with Crippen molar-refractivity contribution in [2.24, 2.45) is 5.92 Å². The first-order valence-corrected chi connectivity index (χ1v) is 4.85. The Bertz CT molecular complexity index is 164. The maximum Gasteiger partial charge on any atom is 0.0521 e. The third-order valence-electron chi connectivity index (χ3n) is 2.61. The van der Waals surface area contributed by atoms with Crippen molar-refractivity contribution >= 4 is 11.4 Å². The van der Waals surface area contributed by atoms with Gasteiger partial charge in [-0.2, -0.15) is 0 Å². The van der Waals surface area contributed by atoms with Gasteiger partial charge in [-0.05, 0) is 31.6 Å². The number of nitrogens with one attached hydrogen (secondary N) is 2. The van der Waals surface area contributed by atoms with Gasteiger partial charge in [0.25, 0.3) is 0 Å². The van der Waals surface area contributed by atoms with E-state index in [0.29, 0.717) is 11.4 Å². The first-order chi connectivity index (χ1) is 5.70. The van der Waals surface area contributed by atoms with Crippen molar-refractivity contribution in [1.29, 1.82) is 10.8 Å². The molecule has 1 aliphatic rings. The highest BCUT2D eigenvalue weighted by Crippen LogP contribution is 2.18. The minimum absolute atomic E-state index is 0.573. The molecule has 0 atom stereocenters. The maximum atomic E-state index is 7.57. The quantitative estimate of drug-likeness (QED) is 0.555. The molecule has 0 aromatic rings. The Morgan fingerprint density at radius 1 is 1.00 bits per heavy atom. The van der Waals surface area contributed by atoms with Gasteiger partial charge in [0, 0.05) is 0 Å². The molecule has 1 aliphatic carbocycles. The lowest BCUT2D eigenvalue weighted by molar-refractivity contribution is 0.472. The van der Waals surface area contributed by atoms with Crippen molar-refractivity contribution in [3.8, 4) is 0 Å². The maximum absolute atomic E-state index is 7.57. The largest absolute Gasteiger partial charge is 0.303 e. The molecule has 1 saturated carbocycles. The smallest absolute Gasteiger partial charge is 0.0521 e. The van der Waals surface area contributed by atoms with Crippen LogP contribution in [0.15, 0.2) is 0 Å². The summed E-state index contributed by atoms with van der Waals surface area (Å²) in [7, 11) is 0. The molecule has 0 bridgehead atoms. The predicted octanol–water partition coefficient (Wildman–Crippen LogP) is 3.02. The van der Waals surface area contributed by atoms with Gasteiger partial charge in [-0.1, -0.05) is 19.8 Å². The average molecular weight is 166 g/mol. The Morgan fingerprint density at radius 3 is 1.83 bits per heavy atom. The van der Waals surface area contributed by atoms with E-state index in [2.05, 4.69) is 6.92 Å². The van der Waals surface area contributed by atoms with Gasteiger partial charge in [0.1, 0.15) is 0 Å². The minimum Gasteiger partial charge on any atom is -0.303 e. The van der Waals surface area contributed by atoms with Crippen molar-refractivity contribution in [3.63, 3.8) is 0 Å². The molecule has 1 fully saturated rings. The number of rotatable bonds is 0. The lowest BCUT2D eigenvalue weighted by atomic mass is 9.99. The zero-order chi connectivity index (χ0) is 8.97. The van der Waals surface area contributed by atoms with Gasteiger partial charge in [-0.3, -0.25) is 0 Å². The van der Waals surface area contributed by atoms with Crippen LogP contribution in [0.25, 0.3) is 0 Å². The first kappa shape index (κ1) is 9.43. The molecule has 2 N–H and O–H groups in total. The summed E-state index contributed by atoms with van der Waals surface area (Å²) in [6.45, 7) is 2.28. The number of hydrogen-bond donors (Lipinski definition) is 2. The molecule has 0 aliphatic heterocycles. The molecular weight excluding hydrogens is 148 g/mol. The fraction of sp³-hybridized carbons (Fsp3) is 0.800. The van der Waals surface area contributed by atoms with E-state index in [-0.39, 0.29) is 0 Å². The highest BCUT2D eigenvalue weighted by atomic mass is 14.5. The summed E-state index contributed by atoms with van der Waals surface area (Å²) >= 11 is 0. The summed E-state index contributed by atoms with van der Waals surface area (Å²) in [6, 6.07) is 0. The van der Waals surface area contributed by atoms with Gasteiger partial charge in [0.2, 0.25) is 0 Å². The van der Waals surface area contributed by atoms with E-state index in [1.807, 2.05) is 0 Å². The van der Waals surface area contributed by atoms with Crippen LogP contribution in [0.2, 0.25) is 0 Å². The summed E-state index contributed by atoms with van der Waals surface area (Å²) in [5.74, 6) is 0.795. The summed E-state index contributed by atoms with van der Waals surface area (Å²) < 4.78 is 0. The SMILES string of the molecule is CC1CCCC(=N)C(=N)CCC1. The second-order valence-corrected chi connectivity index (χ2v) is 3.85. The van der Waals surface area contributed by atoms with Crippen molar-refractivity contribution in [2.75, 3.05) is 0 Å². The van der Waals surface area contributed by atoms with Gasteiger partial charge in [-0.15, -0.1) is 0 Å². The zero-order valence-electron chi connectivity index (χ0n) is 7.82. The molecule has 0 aromatic carbocycles. The van der Waals surface area contributed by atoms with Crippen LogP contribution >= 0.6 is 0 Å². The van der Waals surface area contributed by atoms with E-state index in [1.165, 1.54) is 12.8 Å². The van der Waals surface area contributed by atoms with E-state index in [0.717, 1.165) is 31.6 Å². The molecule has 0 heterocycles. The van der Waals surface area contributed by atoms with Crippen LogP contribution in [0, 0.1) is 16.7 Å². The van der Waals surface area contributed by atoms with Gasteiger partial charge in [-0.25, -0.2) is 0 Å². The van der Waals surface area contributed by atoms with Crippen LogP contribution in [0.5, 0.6) is 0 Å². The second kappa shape index (κ2) is 4.39. The van der Waals surface area contributed by atoms with Gasteiger partial charge >= 0.3 is 0 Å². The lowest BCUT2D eigenvalue weighted by Crippen LogP contribution is -2.10. The van der Waals surface area contributed by atoms with Crippen molar-refractivity contribution in [2.45, 2.75) is 45.4 Å². The average Bonchev–Trinajstić information content (AvgIpc) is 2.08. The second-order valence-electron chi connectivity index (χ2n) is 3.85. The Kier molecular flexibility index (Phi) is 3.45. The van der Waals surface area contributed by atoms with Crippen LogP contribution in [0.1, 0.15) is 45.4 Å². The number of hydrogen-bond acceptors (Lipinski definition) is 2. The third-order valence-corrected chi connectivity index (χ3v) is 2.61. The van der Waals surface area contributed by atoms with Crippen LogP contribution in [0.4, 0.5) is 0 Å². The van der Waals surface area contributed by atoms with Crippen LogP contribution in [-0.4, -0.2) is 11.4 Å². The highest BCUT2D eigenvalue weighted by Gasteiger charge is 2.10.